The lowest BCUT2D eigenvalue weighted by Crippen LogP contribution is -2.56. The molecule has 1 aromatic carbocycles. The molecule has 1 atom stereocenters. The minimum absolute atomic E-state index is 0.00840. The zero-order chi connectivity index (χ0) is 15.0. The molecule has 112 valence electrons. The van der Waals surface area contributed by atoms with Crippen molar-refractivity contribution < 1.29 is 14.3 Å². The number of carbonyl (C=O) groups excluding carboxylic acids is 2. The van der Waals surface area contributed by atoms with Gasteiger partial charge >= 0.3 is 0 Å². The van der Waals surface area contributed by atoms with Gasteiger partial charge in [-0.05, 0) is 25.0 Å². The van der Waals surface area contributed by atoms with E-state index in [4.69, 9.17) is 16.3 Å². The van der Waals surface area contributed by atoms with Crippen molar-refractivity contribution in [3.63, 3.8) is 0 Å². The molecule has 2 aliphatic heterocycles. The van der Waals surface area contributed by atoms with Crippen molar-refractivity contribution in [2.24, 2.45) is 0 Å². The quantitative estimate of drug-likeness (QED) is 0.853. The first-order chi connectivity index (χ1) is 10.1. The summed E-state index contributed by atoms with van der Waals surface area (Å²) in [5.41, 5.74) is 0.745. The fraction of sp³-hybridized carbons (Fsp3) is 0.467. The van der Waals surface area contributed by atoms with E-state index in [1.54, 1.807) is 35.1 Å². The third-order valence-electron chi connectivity index (χ3n) is 4.14. The summed E-state index contributed by atoms with van der Waals surface area (Å²) >= 11 is 6.21. The molecule has 3 rings (SSSR count). The average molecular weight is 309 g/mol. The Morgan fingerprint density at radius 2 is 2.19 bits per heavy atom. The van der Waals surface area contributed by atoms with Crippen LogP contribution in [-0.4, -0.2) is 47.9 Å². The SMILES string of the molecule is COc1cccc(Cl)c1CN1CC(=O)N2CCCC2C1=O. The van der Waals surface area contributed by atoms with Gasteiger partial charge in [-0.15, -0.1) is 0 Å². The number of carbonyl (C=O) groups is 2. The molecule has 0 radical (unpaired) electrons. The number of amides is 2. The monoisotopic (exact) mass is 308 g/mol. The van der Waals surface area contributed by atoms with Crippen LogP contribution in [-0.2, 0) is 16.1 Å². The number of nitrogens with zero attached hydrogens (tertiary/aromatic N) is 2. The van der Waals surface area contributed by atoms with Crippen LogP contribution in [0.4, 0.5) is 0 Å². The van der Waals surface area contributed by atoms with E-state index >= 15 is 0 Å². The van der Waals surface area contributed by atoms with E-state index < -0.39 is 0 Å². The topological polar surface area (TPSA) is 49.9 Å². The van der Waals surface area contributed by atoms with Crippen LogP contribution in [0.2, 0.25) is 5.02 Å². The molecule has 1 aromatic rings. The number of hydrogen-bond acceptors (Lipinski definition) is 3. The number of benzene rings is 1. The Kier molecular flexibility index (Phi) is 3.76. The first-order valence-electron chi connectivity index (χ1n) is 7.01. The molecule has 0 spiro atoms. The van der Waals surface area contributed by atoms with E-state index in [1.165, 1.54) is 0 Å². The number of methoxy groups -OCH3 is 1. The molecule has 6 heteroatoms. The highest BCUT2D eigenvalue weighted by Gasteiger charge is 2.42. The molecule has 2 fully saturated rings. The molecule has 0 bridgehead atoms. The summed E-state index contributed by atoms with van der Waals surface area (Å²) in [6.45, 7) is 1.11. The molecule has 0 aromatic heterocycles. The van der Waals surface area contributed by atoms with Crippen molar-refractivity contribution >= 4 is 23.4 Å². The van der Waals surface area contributed by atoms with Crippen LogP contribution in [0.3, 0.4) is 0 Å². The van der Waals surface area contributed by atoms with Gasteiger partial charge in [0.05, 0.1) is 13.7 Å². The van der Waals surface area contributed by atoms with Crippen LogP contribution in [0.1, 0.15) is 18.4 Å². The van der Waals surface area contributed by atoms with E-state index in [9.17, 15) is 9.59 Å². The number of fused-ring (bicyclic) bond motifs is 1. The van der Waals surface area contributed by atoms with Gasteiger partial charge in [0.15, 0.2) is 0 Å². The standard InChI is InChI=1S/C15H17ClN2O3/c1-21-13-6-2-4-11(16)10(13)8-17-9-14(19)18-7-3-5-12(18)15(17)20/h2,4,6,12H,3,5,7-9H2,1H3. The van der Waals surface area contributed by atoms with Gasteiger partial charge in [0.1, 0.15) is 18.3 Å². The zero-order valence-electron chi connectivity index (χ0n) is 11.8. The van der Waals surface area contributed by atoms with Crippen LogP contribution in [0.15, 0.2) is 18.2 Å². The summed E-state index contributed by atoms with van der Waals surface area (Å²) in [6, 6.07) is 5.07. The van der Waals surface area contributed by atoms with Crippen LogP contribution in [0, 0.1) is 0 Å². The number of halogens is 1. The van der Waals surface area contributed by atoms with Crippen LogP contribution in [0.5, 0.6) is 5.75 Å². The second kappa shape index (κ2) is 5.56. The predicted molar refractivity (Wildman–Crippen MR) is 78.2 cm³/mol. The third-order valence-corrected chi connectivity index (χ3v) is 4.49. The minimum atomic E-state index is -0.292. The highest BCUT2D eigenvalue weighted by atomic mass is 35.5. The van der Waals surface area contributed by atoms with Crippen molar-refractivity contribution in [1.82, 2.24) is 9.80 Å². The van der Waals surface area contributed by atoms with Crippen LogP contribution >= 0.6 is 11.6 Å². The summed E-state index contributed by atoms with van der Waals surface area (Å²) < 4.78 is 5.30. The van der Waals surface area contributed by atoms with Gasteiger partial charge in [-0.3, -0.25) is 9.59 Å². The molecule has 2 amide bonds. The third kappa shape index (κ3) is 2.46. The van der Waals surface area contributed by atoms with Gasteiger partial charge in [-0.1, -0.05) is 17.7 Å². The van der Waals surface area contributed by atoms with E-state index in [2.05, 4.69) is 0 Å². The molecule has 0 aliphatic carbocycles. The highest BCUT2D eigenvalue weighted by Crippen LogP contribution is 2.30. The molecule has 21 heavy (non-hydrogen) atoms. The van der Waals surface area contributed by atoms with Gasteiger partial charge in [0, 0.05) is 17.1 Å². The lowest BCUT2D eigenvalue weighted by atomic mass is 10.1. The van der Waals surface area contributed by atoms with Crippen molar-refractivity contribution in [3.05, 3.63) is 28.8 Å². The Balaban J connectivity index is 1.85. The first kappa shape index (κ1) is 14.2. The molecular formula is C15H17ClN2O3. The van der Waals surface area contributed by atoms with Crippen molar-refractivity contribution in [2.75, 3.05) is 20.2 Å². The zero-order valence-corrected chi connectivity index (χ0v) is 12.6. The van der Waals surface area contributed by atoms with Gasteiger partial charge in [-0.25, -0.2) is 0 Å². The second-order valence-corrected chi connectivity index (χ2v) is 5.77. The maximum atomic E-state index is 12.5. The average Bonchev–Trinajstić information content (AvgIpc) is 2.96. The predicted octanol–water partition coefficient (Wildman–Crippen LogP) is 1.68. The number of piperazine rings is 1. The molecule has 1 unspecified atom stereocenters. The maximum Gasteiger partial charge on any atom is 0.246 e. The summed E-state index contributed by atoms with van der Waals surface area (Å²) in [7, 11) is 1.57. The summed E-state index contributed by atoms with van der Waals surface area (Å²) in [6.07, 6.45) is 1.64. The largest absolute Gasteiger partial charge is 0.496 e. The van der Waals surface area contributed by atoms with Crippen molar-refractivity contribution in [1.29, 1.82) is 0 Å². The second-order valence-electron chi connectivity index (χ2n) is 5.36. The van der Waals surface area contributed by atoms with Crippen LogP contribution < -0.4 is 4.74 Å². The van der Waals surface area contributed by atoms with E-state index in [1.807, 2.05) is 0 Å². The van der Waals surface area contributed by atoms with Gasteiger partial charge in [0.25, 0.3) is 0 Å². The lowest BCUT2D eigenvalue weighted by Gasteiger charge is -2.36. The molecule has 0 N–H and O–H groups in total. The van der Waals surface area contributed by atoms with E-state index in [0.717, 1.165) is 18.4 Å². The van der Waals surface area contributed by atoms with E-state index in [-0.39, 0.29) is 24.4 Å². The molecule has 2 heterocycles. The summed E-state index contributed by atoms with van der Waals surface area (Å²) in [5.74, 6) is 0.661. The molecule has 5 nitrogen and oxygen atoms in total. The molecule has 0 saturated carbocycles. The Morgan fingerprint density at radius 1 is 1.38 bits per heavy atom. The lowest BCUT2D eigenvalue weighted by molar-refractivity contribution is -0.154. The normalized spacial score (nSPS) is 21.7. The van der Waals surface area contributed by atoms with Gasteiger partial charge in [0.2, 0.25) is 11.8 Å². The Hall–Kier alpha value is -1.75. The van der Waals surface area contributed by atoms with E-state index in [0.29, 0.717) is 23.9 Å². The fourth-order valence-electron chi connectivity index (χ4n) is 3.07. The van der Waals surface area contributed by atoms with Gasteiger partial charge in [-0.2, -0.15) is 0 Å². The summed E-state index contributed by atoms with van der Waals surface area (Å²) in [4.78, 5) is 27.9. The molecule has 2 saturated heterocycles. The molecular weight excluding hydrogens is 292 g/mol. The van der Waals surface area contributed by atoms with Crippen molar-refractivity contribution in [2.45, 2.75) is 25.4 Å². The Labute approximate surface area is 128 Å². The molecule has 2 aliphatic rings. The number of hydrogen-bond donors (Lipinski definition) is 0. The van der Waals surface area contributed by atoms with Crippen LogP contribution in [0.25, 0.3) is 0 Å². The summed E-state index contributed by atoms with van der Waals surface area (Å²) in [5, 5.41) is 0.545. The van der Waals surface area contributed by atoms with Crippen molar-refractivity contribution in [3.8, 4) is 5.75 Å². The fourth-order valence-corrected chi connectivity index (χ4v) is 3.30. The Bertz CT molecular complexity index is 590. The number of ether oxygens (including phenoxy) is 1. The first-order valence-corrected chi connectivity index (χ1v) is 7.39. The minimum Gasteiger partial charge on any atom is -0.496 e. The van der Waals surface area contributed by atoms with Gasteiger partial charge < -0.3 is 14.5 Å². The number of rotatable bonds is 3. The maximum absolute atomic E-state index is 12.5. The highest BCUT2D eigenvalue weighted by molar-refractivity contribution is 6.31. The Morgan fingerprint density at radius 3 is 2.95 bits per heavy atom. The smallest absolute Gasteiger partial charge is 0.246 e.